The third-order valence-corrected chi connectivity index (χ3v) is 7.23. The summed E-state index contributed by atoms with van der Waals surface area (Å²) in [6.45, 7) is 6.09. The molecule has 0 aliphatic heterocycles. The molecule has 2 nitrogen and oxygen atoms in total. The second kappa shape index (κ2) is 10.5. The molecule has 0 atom stereocenters. The predicted octanol–water partition coefficient (Wildman–Crippen LogP) is 10.5. The van der Waals surface area contributed by atoms with E-state index in [1.807, 2.05) is 13.8 Å². The molecule has 0 spiro atoms. The van der Waals surface area contributed by atoms with Crippen LogP contribution in [0.5, 0.6) is 0 Å². The minimum atomic E-state index is 1.17. The van der Waals surface area contributed by atoms with E-state index in [-0.39, 0.29) is 0 Å². The molecule has 0 aliphatic carbocycles. The minimum Gasteiger partial charge on any atom is -0.309 e. The first-order chi connectivity index (χ1) is 19.3. The Bertz CT molecular complexity index is 1920. The van der Waals surface area contributed by atoms with Gasteiger partial charge in [0.25, 0.3) is 0 Å². The number of hydrogen-bond acceptors (Lipinski definition) is 0. The normalized spacial score (nSPS) is 11.4. The van der Waals surface area contributed by atoms with Crippen molar-refractivity contribution in [3.8, 4) is 22.5 Å². The van der Waals surface area contributed by atoms with Gasteiger partial charge in [-0.2, -0.15) is 0 Å². The van der Waals surface area contributed by atoms with Gasteiger partial charge in [-0.05, 0) is 67.1 Å². The van der Waals surface area contributed by atoms with Gasteiger partial charge in [-0.15, -0.1) is 0 Å². The van der Waals surface area contributed by atoms with E-state index in [1.54, 1.807) is 0 Å². The Morgan fingerprint density at radius 2 is 1.00 bits per heavy atom. The van der Waals surface area contributed by atoms with Crippen molar-refractivity contribution < 1.29 is 0 Å². The largest absolute Gasteiger partial charge is 0.309 e. The summed E-state index contributed by atoms with van der Waals surface area (Å²) in [5, 5.41) is 3.79. The van der Waals surface area contributed by atoms with Crippen molar-refractivity contribution in [1.29, 1.82) is 0 Å². The van der Waals surface area contributed by atoms with Crippen LogP contribution in [0.1, 0.15) is 26.5 Å². The zero-order valence-electron chi connectivity index (χ0n) is 22.7. The molecule has 0 unspecified atom stereocenters. The quantitative estimate of drug-likeness (QED) is 0.226. The molecule has 0 fully saturated rings. The van der Waals surface area contributed by atoms with E-state index in [0.29, 0.717) is 0 Å². The standard InChI is InChI=1S/C35H26N2.C2H6/c1-2-13-34-35(29-19-10-12-21-32(29)37(34)27-16-7-4-8-17-27)25-22-23-33-30(24-25)28-18-9-11-20-31(28)36(33)26-14-5-3-6-15-26;1-2/h2-24H,1H3;1-2H3/b13-2-;. The lowest BCUT2D eigenvalue weighted by Crippen LogP contribution is -1.96. The van der Waals surface area contributed by atoms with Crippen LogP contribution in [-0.2, 0) is 0 Å². The Morgan fingerprint density at radius 1 is 0.487 bits per heavy atom. The van der Waals surface area contributed by atoms with E-state index in [2.05, 4.69) is 156 Å². The molecule has 0 bridgehead atoms. The van der Waals surface area contributed by atoms with Gasteiger partial charge in [0, 0.05) is 33.1 Å². The van der Waals surface area contributed by atoms with E-state index in [9.17, 15) is 0 Å². The molecule has 0 amide bonds. The average Bonchev–Trinajstić information content (AvgIpc) is 3.51. The number of aromatic nitrogens is 2. The summed E-state index contributed by atoms with van der Waals surface area (Å²) in [6.07, 6.45) is 4.37. The molecule has 0 N–H and O–H groups in total. The van der Waals surface area contributed by atoms with Gasteiger partial charge in [0.1, 0.15) is 0 Å². The molecule has 7 aromatic rings. The molecule has 7 rings (SSSR count). The highest BCUT2D eigenvalue weighted by molar-refractivity contribution is 6.12. The van der Waals surface area contributed by atoms with Crippen LogP contribution < -0.4 is 0 Å². The van der Waals surface area contributed by atoms with Crippen molar-refractivity contribution in [3.63, 3.8) is 0 Å². The minimum absolute atomic E-state index is 1.17. The van der Waals surface area contributed by atoms with Crippen LogP contribution >= 0.6 is 0 Å². The third kappa shape index (κ3) is 4.06. The second-order valence-corrected chi connectivity index (χ2v) is 9.37. The number of allylic oxidation sites excluding steroid dienone is 1. The summed E-state index contributed by atoms with van der Waals surface area (Å²) in [7, 11) is 0. The summed E-state index contributed by atoms with van der Waals surface area (Å²) >= 11 is 0. The van der Waals surface area contributed by atoms with Crippen molar-refractivity contribution >= 4 is 38.8 Å². The van der Waals surface area contributed by atoms with Crippen molar-refractivity contribution in [3.05, 3.63) is 139 Å². The number of benzene rings is 5. The summed E-state index contributed by atoms with van der Waals surface area (Å²) in [4.78, 5) is 0. The molecule has 2 heteroatoms. The highest BCUT2D eigenvalue weighted by Gasteiger charge is 2.19. The average molecular weight is 505 g/mol. The van der Waals surface area contributed by atoms with Crippen LogP contribution in [0, 0.1) is 0 Å². The molecule has 2 heterocycles. The molecule has 190 valence electrons. The van der Waals surface area contributed by atoms with E-state index in [0.717, 1.165) is 0 Å². The van der Waals surface area contributed by atoms with Crippen molar-refractivity contribution in [2.75, 3.05) is 0 Å². The molecule has 39 heavy (non-hydrogen) atoms. The number of fused-ring (bicyclic) bond motifs is 4. The molecule has 0 radical (unpaired) electrons. The molecule has 0 saturated heterocycles. The van der Waals surface area contributed by atoms with Crippen LogP contribution in [0.4, 0.5) is 0 Å². The van der Waals surface area contributed by atoms with Gasteiger partial charge in [-0.25, -0.2) is 0 Å². The monoisotopic (exact) mass is 504 g/mol. The van der Waals surface area contributed by atoms with Crippen LogP contribution in [0.2, 0.25) is 0 Å². The topological polar surface area (TPSA) is 9.86 Å². The Hall–Kier alpha value is -4.82. The zero-order chi connectivity index (χ0) is 26.8. The lowest BCUT2D eigenvalue weighted by atomic mass is 9.99. The lowest BCUT2D eigenvalue weighted by Gasteiger charge is -2.10. The van der Waals surface area contributed by atoms with Gasteiger partial charge >= 0.3 is 0 Å². The summed E-state index contributed by atoms with van der Waals surface area (Å²) in [5.41, 5.74) is 9.68. The first kappa shape index (κ1) is 24.5. The first-order valence-corrected chi connectivity index (χ1v) is 13.8. The smallest absolute Gasteiger partial charge is 0.0543 e. The van der Waals surface area contributed by atoms with Crippen LogP contribution in [0.15, 0.2) is 133 Å². The van der Waals surface area contributed by atoms with Gasteiger partial charge in [0.05, 0.1) is 22.2 Å². The fourth-order valence-electron chi connectivity index (χ4n) is 5.72. The summed E-state index contributed by atoms with van der Waals surface area (Å²) < 4.78 is 4.75. The lowest BCUT2D eigenvalue weighted by molar-refractivity contribution is 1.11. The second-order valence-electron chi connectivity index (χ2n) is 9.37. The maximum absolute atomic E-state index is 2.38. The first-order valence-electron chi connectivity index (χ1n) is 13.8. The van der Waals surface area contributed by atoms with Gasteiger partial charge in [-0.3, -0.25) is 0 Å². The maximum atomic E-state index is 2.38. The van der Waals surface area contributed by atoms with E-state index in [1.165, 1.54) is 60.9 Å². The third-order valence-electron chi connectivity index (χ3n) is 7.23. The van der Waals surface area contributed by atoms with Gasteiger partial charge in [0.2, 0.25) is 0 Å². The Labute approximate surface area is 230 Å². The molecular formula is C37H32N2. The number of hydrogen-bond donors (Lipinski definition) is 0. The van der Waals surface area contributed by atoms with Crippen LogP contribution in [0.3, 0.4) is 0 Å². The SMILES string of the molecule is C/C=C\c1c(-c2ccc3c(c2)c2ccccc2n3-c2ccccc2)c2ccccc2n1-c1ccccc1.CC. The fraction of sp³-hybridized carbons (Fsp3) is 0.0811. The van der Waals surface area contributed by atoms with E-state index < -0.39 is 0 Å². The molecule has 2 aromatic heterocycles. The zero-order valence-corrected chi connectivity index (χ0v) is 22.7. The van der Waals surface area contributed by atoms with E-state index >= 15 is 0 Å². The molecule has 5 aromatic carbocycles. The predicted molar refractivity (Wildman–Crippen MR) is 169 cm³/mol. The fourth-order valence-corrected chi connectivity index (χ4v) is 5.72. The van der Waals surface area contributed by atoms with Crippen molar-refractivity contribution in [2.24, 2.45) is 0 Å². The molecular weight excluding hydrogens is 472 g/mol. The van der Waals surface area contributed by atoms with E-state index in [4.69, 9.17) is 0 Å². The number of nitrogens with zero attached hydrogens (tertiary/aromatic N) is 2. The van der Waals surface area contributed by atoms with Crippen molar-refractivity contribution in [2.45, 2.75) is 20.8 Å². The Kier molecular flexibility index (Phi) is 6.61. The van der Waals surface area contributed by atoms with Gasteiger partial charge < -0.3 is 9.13 Å². The number of para-hydroxylation sites is 4. The molecule has 0 aliphatic rings. The maximum Gasteiger partial charge on any atom is 0.0543 e. The van der Waals surface area contributed by atoms with Gasteiger partial charge in [-0.1, -0.05) is 98.8 Å². The van der Waals surface area contributed by atoms with Crippen LogP contribution in [0.25, 0.3) is 61.3 Å². The highest BCUT2D eigenvalue weighted by atomic mass is 15.0. The summed E-state index contributed by atoms with van der Waals surface area (Å²) in [5.74, 6) is 0. The highest BCUT2D eigenvalue weighted by Crippen LogP contribution is 2.41. The molecule has 0 saturated carbocycles. The van der Waals surface area contributed by atoms with Gasteiger partial charge in [0.15, 0.2) is 0 Å². The Morgan fingerprint density at radius 3 is 1.64 bits per heavy atom. The van der Waals surface area contributed by atoms with Crippen LogP contribution in [-0.4, -0.2) is 9.13 Å². The summed E-state index contributed by atoms with van der Waals surface area (Å²) in [6, 6.07) is 45.7. The Balaban J connectivity index is 0.00000135. The number of rotatable bonds is 4. The van der Waals surface area contributed by atoms with Crippen molar-refractivity contribution in [1.82, 2.24) is 9.13 Å².